The summed E-state index contributed by atoms with van der Waals surface area (Å²) in [6.07, 6.45) is 0. The van der Waals surface area contributed by atoms with Gasteiger partial charge in [-0.3, -0.25) is 10.1 Å². The fraction of sp³-hybridized carbons (Fsp3) is 0.538. The van der Waals surface area contributed by atoms with Crippen LogP contribution >= 0.6 is 11.6 Å². The minimum absolute atomic E-state index is 0.0353. The van der Waals surface area contributed by atoms with Crippen LogP contribution in [0.15, 0.2) is 18.2 Å². The normalized spacial score (nSPS) is 12.5. The lowest BCUT2D eigenvalue weighted by Crippen LogP contribution is -2.30. The Labute approximate surface area is 118 Å². The predicted molar refractivity (Wildman–Crippen MR) is 75.9 cm³/mol. The van der Waals surface area contributed by atoms with E-state index >= 15 is 0 Å². The molecule has 0 amide bonds. The molecule has 106 valence electrons. The molecular formula is C13H19ClN2O3. The Kier molecular flexibility index (Phi) is 6.05. The largest absolute Gasteiger partial charge is 0.492 e. The number of ether oxygens (including phenoxy) is 1. The van der Waals surface area contributed by atoms with Crippen LogP contribution in [0.3, 0.4) is 0 Å². The van der Waals surface area contributed by atoms with Gasteiger partial charge in [-0.1, -0.05) is 32.4 Å². The minimum Gasteiger partial charge on any atom is -0.492 e. The van der Waals surface area contributed by atoms with E-state index in [1.165, 1.54) is 18.2 Å². The lowest BCUT2D eigenvalue weighted by Gasteiger charge is -2.16. The SMILES string of the molecule is CC(CNC(C)C)COc1ccc([N+](=O)[O-])cc1Cl. The van der Waals surface area contributed by atoms with Crippen LogP contribution in [-0.4, -0.2) is 24.1 Å². The molecule has 1 atom stereocenters. The number of non-ortho nitro benzene ring substituents is 1. The fourth-order valence-electron chi connectivity index (χ4n) is 1.45. The fourth-order valence-corrected chi connectivity index (χ4v) is 1.68. The maximum absolute atomic E-state index is 10.6. The van der Waals surface area contributed by atoms with Crippen LogP contribution in [0.25, 0.3) is 0 Å². The summed E-state index contributed by atoms with van der Waals surface area (Å²) in [5.41, 5.74) is -0.0353. The van der Waals surface area contributed by atoms with Gasteiger partial charge >= 0.3 is 0 Å². The zero-order valence-electron chi connectivity index (χ0n) is 11.4. The number of hydrogen-bond donors (Lipinski definition) is 1. The predicted octanol–water partition coefficient (Wildman–Crippen LogP) is 3.26. The van der Waals surface area contributed by atoms with E-state index in [2.05, 4.69) is 26.1 Å². The van der Waals surface area contributed by atoms with E-state index in [4.69, 9.17) is 16.3 Å². The molecule has 0 heterocycles. The maximum atomic E-state index is 10.6. The zero-order valence-corrected chi connectivity index (χ0v) is 12.1. The van der Waals surface area contributed by atoms with E-state index in [-0.39, 0.29) is 10.7 Å². The Morgan fingerprint density at radius 2 is 2.11 bits per heavy atom. The summed E-state index contributed by atoms with van der Waals surface area (Å²) in [5, 5.41) is 14.2. The first-order chi connectivity index (χ1) is 8.90. The van der Waals surface area contributed by atoms with Gasteiger partial charge < -0.3 is 10.1 Å². The second kappa shape index (κ2) is 7.31. The highest BCUT2D eigenvalue weighted by molar-refractivity contribution is 6.32. The van der Waals surface area contributed by atoms with Gasteiger partial charge in [0.05, 0.1) is 16.6 Å². The van der Waals surface area contributed by atoms with E-state index < -0.39 is 4.92 Å². The van der Waals surface area contributed by atoms with E-state index in [9.17, 15) is 10.1 Å². The Bertz CT molecular complexity index is 438. The lowest BCUT2D eigenvalue weighted by atomic mass is 10.2. The van der Waals surface area contributed by atoms with Crippen molar-refractivity contribution >= 4 is 17.3 Å². The van der Waals surface area contributed by atoms with E-state index in [1.54, 1.807) is 0 Å². The summed E-state index contributed by atoms with van der Waals surface area (Å²) < 4.78 is 5.57. The summed E-state index contributed by atoms with van der Waals surface area (Å²) in [7, 11) is 0. The summed E-state index contributed by atoms with van der Waals surface area (Å²) in [6.45, 7) is 7.59. The van der Waals surface area contributed by atoms with Gasteiger partial charge in [-0.25, -0.2) is 0 Å². The molecule has 0 saturated heterocycles. The van der Waals surface area contributed by atoms with E-state index in [0.717, 1.165) is 6.54 Å². The van der Waals surface area contributed by atoms with Gasteiger partial charge in [-0.05, 0) is 6.07 Å². The second-order valence-electron chi connectivity index (χ2n) is 4.85. The highest BCUT2D eigenvalue weighted by Crippen LogP contribution is 2.28. The van der Waals surface area contributed by atoms with Gasteiger partial charge in [-0.15, -0.1) is 0 Å². The van der Waals surface area contributed by atoms with Crippen LogP contribution in [-0.2, 0) is 0 Å². The molecule has 0 aliphatic carbocycles. The monoisotopic (exact) mass is 286 g/mol. The quantitative estimate of drug-likeness (QED) is 0.617. The molecule has 1 aromatic rings. The average Bonchev–Trinajstić information content (AvgIpc) is 2.34. The molecule has 0 radical (unpaired) electrons. The molecule has 0 fully saturated rings. The molecule has 1 aromatic carbocycles. The molecule has 0 aliphatic heterocycles. The Balaban J connectivity index is 2.51. The summed E-state index contributed by atoms with van der Waals surface area (Å²) >= 11 is 5.94. The standard InChI is InChI=1S/C13H19ClN2O3/c1-9(2)15-7-10(3)8-19-13-5-4-11(16(17)18)6-12(13)14/h4-6,9-10,15H,7-8H2,1-3H3. The summed E-state index contributed by atoms with van der Waals surface area (Å²) in [5.74, 6) is 0.803. The molecule has 0 bridgehead atoms. The van der Waals surface area contributed by atoms with Gasteiger partial charge in [0.2, 0.25) is 0 Å². The molecule has 0 aromatic heterocycles. The Hall–Kier alpha value is -1.33. The van der Waals surface area contributed by atoms with Crippen molar-refractivity contribution < 1.29 is 9.66 Å². The molecule has 1 unspecified atom stereocenters. The third kappa shape index (κ3) is 5.44. The number of nitro benzene ring substituents is 1. The smallest absolute Gasteiger partial charge is 0.271 e. The zero-order chi connectivity index (χ0) is 14.4. The van der Waals surface area contributed by atoms with E-state index in [0.29, 0.717) is 24.3 Å². The van der Waals surface area contributed by atoms with Gasteiger partial charge in [0.15, 0.2) is 0 Å². The van der Waals surface area contributed by atoms with Crippen LogP contribution in [0.4, 0.5) is 5.69 Å². The summed E-state index contributed by atoms with van der Waals surface area (Å²) in [6, 6.07) is 4.65. The van der Waals surface area contributed by atoms with E-state index in [1.807, 2.05) is 0 Å². The molecule has 19 heavy (non-hydrogen) atoms. The van der Waals surface area contributed by atoms with Gasteiger partial charge in [0.1, 0.15) is 5.75 Å². The minimum atomic E-state index is -0.481. The molecular weight excluding hydrogens is 268 g/mol. The molecule has 1 N–H and O–H groups in total. The van der Waals surface area contributed by atoms with Crippen LogP contribution in [0.1, 0.15) is 20.8 Å². The summed E-state index contributed by atoms with van der Waals surface area (Å²) in [4.78, 5) is 10.1. The van der Waals surface area contributed by atoms with Crippen LogP contribution in [0.2, 0.25) is 5.02 Å². The average molecular weight is 287 g/mol. The van der Waals surface area contributed by atoms with Gasteiger partial charge in [0.25, 0.3) is 5.69 Å². The van der Waals surface area contributed by atoms with Crippen molar-refractivity contribution in [1.82, 2.24) is 5.32 Å². The van der Waals surface area contributed by atoms with Crippen molar-refractivity contribution in [3.8, 4) is 5.75 Å². The molecule has 6 heteroatoms. The molecule has 5 nitrogen and oxygen atoms in total. The maximum Gasteiger partial charge on any atom is 0.271 e. The van der Waals surface area contributed by atoms with Crippen LogP contribution in [0.5, 0.6) is 5.75 Å². The third-order valence-electron chi connectivity index (χ3n) is 2.52. The van der Waals surface area contributed by atoms with Crippen molar-refractivity contribution in [3.63, 3.8) is 0 Å². The highest BCUT2D eigenvalue weighted by atomic mass is 35.5. The number of benzene rings is 1. The van der Waals surface area contributed by atoms with Gasteiger partial charge in [0, 0.05) is 30.6 Å². The van der Waals surface area contributed by atoms with Crippen molar-refractivity contribution in [2.24, 2.45) is 5.92 Å². The molecule has 0 spiro atoms. The van der Waals surface area contributed by atoms with Crippen molar-refractivity contribution in [1.29, 1.82) is 0 Å². The Morgan fingerprint density at radius 1 is 1.42 bits per heavy atom. The van der Waals surface area contributed by atoms with Crippen LogP contribution < -0.4 is 10.1 Å². The number of halogens is 1. The third-order valence-corrected chi connectivity index (χ3v) is 2.82. The van der Waals surface area contributed by atoms with Gasteiger partial charge in [-0.2, -0.15) is 0 Å². The number of hydrogen-bond acceptors (Lipinski definition) is 4. The number of rotatable bonds is 7. The van der Waals surface area contributed by atoms with Crippen molar-refractivity contribution in [2.45, 2.75) is 26.8 Å². The molecule has 1 rings (SSSR count). The molecule has 0 aliphatic rings. The number of nitrogens with one attached hydrogen (secondary N) is 1. The first kappa shape index (κ1) is 15.7. The first-order valence-electron chi connectivity index (χ1n) is 6.20. The van der Waals surface area contributed by atoms with Crippen LogP contribution in [0, 0.1) is 16.0 Å². The highest BCUT2D eigenvalue weighted by Gasteiger charge is 2.11. The Morgan fingerprint density at radius 3 is 2.63 bits per heavy atom. The number of nitro groups is 1. The van der Waals surface area contributed by atoms with Crippen molar-refractivity contribution in [2.75, 3.05) is 13.2 Å². The topological polar surface area (TPSA) is 64.4 Å². The first-order valence-corrected chi connectivity index (χ1v) is 6.58. The van der Waals surface area contributed by atoms with Crippen molar-refractivity contribution in [3.05, 3.63) is 33.3 Å². The number of nitrogens with zero attached hydrogens (tertiary/aromatic N) is 1. The second-order valence-corrected chi connectivity index (χ2v) is 5.26. The molecule has 0 saturated carbocycles. The lowest BCUT2D eigenvalue weighted by molar-refractivity contribution is -0.384.